The monoisotopic (exact) mass is 287 g/mol. The molecule has 0 atom stereocenters. The topological polar surface area (TPSA) is 60.0 Å². The maximum Gasteiger partial charge on any atom is 0.345 e. The molecule has 0 saturated carbocycles. The summed E-state index contributed by atoms with van der Waals surface area (Å²) in [4.78, 5) is 0. The van der Waals surface area contributed by atoms with Crippen LogP contribution >= 0.6 is 11.1 Å². The Labute approximate surface area is 111 Å². The molecule has 1 aromatic carbocycles. The largest absolute Gasteiger partial charge is 0.503 e. The smallest absolute Gasteiger partial charge is 0.345 e. The zero-order chi connectivity index (χ0) is 13.8. The van der Waals surface area contributed by atoms with Gasteiger partial charge in [0.25, 0.3) is 6.02 Å². The van der Waals surface area contributed by atoms with Crippen molar-refractivity contribution in [2.75, 3.05) is 0 Å². The summed E-state index contributed by atoms with van der Waals surface area (Å²) in [6.45, 7) is 5.15. The van der Waals surface area contributed by atoms with Crippen molar-refractivity contribution in [2.45, 2.75) is 20.0 Å². The molecule has 0 spiro atoms. The number of nitrogens with zero attached hydrogens (tertiary/aromatic N) is 2. The van der Waals surface area contributed by atoms with Gasteiger partial charge in [0, 0.05) is 5.56 Å². The molecule has 0 saturated heterocycles. The van der Waals surface area contributed by atoms with Gasteiger partial charge in [0.05, 0.1) is 5.71 Å². The third-order valence-corrected chi connectivity index (χ3v) is 2.84. The van der Waals surface area contributed by atoms with Gasteiger partial charge in [0.1, 0.15) is 5.82 Å². The van der Waals surface area contributed by atoms with Crippen LogP contribution < -0.4 is 5.73 Å². The van der Waals surface area contributed by atoms with E-state index in [2.05, 4.69) is 10.2 Å². The van der Waals surface area contributed by atoms with Crippen molar-refractivity contribution in [1.82, 2.24) is 0 Å². The standard InChI is InChI=1S/C11H15ClFN3OSi/c1-8(9-6-4-5-7-10(9)13)15-16-11(14)17-18(2,3)12/h4-7H,1-3H3,(H2,14,16)/b15-8+. The third-order valence-electron chi connectivity index (χ3n) is 1.91. The molecule has 0 amide bonds. The normalized spacial score (nSPS) is 13.6. The number of hydrogen-bond donors (Lipinski definition) is 1. The summed E-state index contributed by atoms with van der Waals surface area (Å²) in [5, 5.41) is 7.49. The van der Waals surface area contributed by atoms with Gasteiger partial charge in [0.15, 0.2) is 0 Å². The summed E-state index contributed by atoms with van der Waals surface area (Å²) < 4.78 is 18.6. The summed E-state index contributed by atoms with van der Waals surface area (Å²) in [7, 11) is -2.31. The number of nitrogens with two attached hydrogens (primary N) is 1. The Morgan fingerprint density at radius 2 is 1.94 bits per heavy atom. The van der Waals surface area contributed by atoms with Crippen LogP contribution in [0.3, 0.4) is 0 Å². The SMILES string of the molecule is C/C(=N\N=C(/N)O[Si](C)(C)Cl)c1ccccc1F. The second-order valence-electron chi connectivity index (χ2n) is 4.07. The van der Waals surface area contributed by atoms with E-state index in [1.54, 1.807) is 38.2 Å². The van der Waals surface area contributed by atoms with Gasteiger partial charge < -0.3 is 10.2 Å². The van der Waals surface area contributed by atoms with Crippen molar-refractivity contribution < 1.29 is 8.82 Å². The highest BCUT2D eigenvalue weighted by molar-refractivity contribution is 7.15. The maximum atomic E-state index is 13.4. The van der Waals surface area contributed by atoms with Gasteiger partial charge >= 0.3 is 7.63 Å². The molecule has 0 unspecified atom stereocenters. The molecule has 0 bridgehead atoms. The van der Waals surface area contributed by atoms with E-state index in [0.29, 0.717) is 11.3 Å². The molecule has 18 heavy (non-hydrogen) atoms. The second-order valence-corrected chi connectivity index (χ2v) is 9.73. The van der Waals surface area contributed by atoms with Crippen LogP contribution in [-0.4, -0.2) is 19.4 Å². The average Bonchev–Trinajstić information content (AvgIpc) is 2.24. The average molecular weight is 288 g/mol. The Hall–Kier alpha value is -1.40. The highest BCUT2D eigenvalue weighted by Gasteiger charge is 2.21. The molecule has 98 valence electrons. The summed E-state index contributed by atoms with van der Waals surface area (Å²) in [6.07, 6.45) is 0. The first-order chi connectivity index (χ1) is 8.29. The Kier molecular flexibility index (Phi) is 4.86. The maximum absolute atomic E-state index is 13.4. The number of benzene rings is 1. The van der Waals surface area contributed by atoms with Crippen LogP contribution in [0, 0.1) is 5.82 Å². The van der Waals surface area contributed by atoms with E-state index in [0.717, 1.165) is 0 Å². The van der Waals surface area contributed by atoms with Gasteiger partial charge in [0.2, 0.25) is 0 Å². The van der Waals surface area contributed by atoms with Crippen LogP contribution in [0.15, 0.2) is 34.5 Å². The fraction of sp³-hybridized carbons (Fsp3) is 0.273. The van der Waals surface area contributed by atoms with Crippen molar-refractivity contribution in [3.05, 3.63) is 35.6 Å². The molecule has 1 aromatic rings. The minimum absolute atomic E-state index is 0.114. The van der Waals surface area contributed by atoms with Crippen molar-refractivity contribution >= 4 is 30.4 Å². The van der Waals surface area contributed by atoms with E-state index in [1.807, 2.05) is 0 Å². The molecule has 0 aliphatic heterocycles. The van der Waals surface area contributed by atoms with Crippen molar-refractivity contribution in [2.24, 2.45) is 15.9 Å². The van der Waals surface area contributed by atoms with Crippen LogP contribution in [0.1, 0.15) is 12.5 Å². The third kappa shape index (κ3) is 4.85. The number of rotatable bonds is 3. The molecule has 7 heteroatoms. The molecule has 0 heterocycles. The van der Waals surface area contributed by atoms with Crippen LogP contribution in [-0.2, 0) is 4.43 Å². The molecule has 0 aliphatic rings. The highest BCUT2D eigenvalue weighted by Crippen LogP contribution is 2.10. The second kappa shape index (κ2) is 5.97. The van der Waals surface area contributed by atoms with E-state index in [9.17, 15) is 4.39 Å². The fourth-order valence-corrected chi connectivity index (χ4v) is 1.98. The van der Waals surface area contributed by atoms with E-state index in [1.165, 1.54) is 6.07 Å². The van der Waals surface area contributed by atoms with Crippen LogP contribution in [0.4, 0.5) is 4.39 Å². The predicted molar refractivity (Wildman–Crippen MR) is 74.7 cm³/mol. The summed E-state index contributed by atoms with van der Waals surface area (Å²) in [5.41, 5.74) is 6.28. The van der Waals surface area contributed by atoms with Crippen LogP contribution in [0.25, 0.3) is 0 Å². The zero-order valence-corrected chi connectivity index (χ0v) is 12.2. The van der Waals surface area contributed by atoms with Gasteiger partial charge in [-0.15, -0.1) is 11.1 Å². The van der Waals surface area contributed by atoms with Crippen molar-refractivity contribution in [1.29, 1.82) is 0 Å². The van der Waals surface area contributed by atoms with Crippen molar-refractivity contribution in [3.8, 4) is 0 Å². The Bertz CT molecular complexity index is 485. The van der Waals surface area contributed by atoms with Gasteiger partial charge in [-0.1, -0.05) is 23.3 Å². The van der Waals surface area contributed by atoms with E-state index < -0.39 is 7.63 Å². The van der Waals surface area contributed by atoms with Crippen molar-refractivity contribution in [3.63, 3.8) is 0 Å². The zero-order valence-electron chi connectivity index (χ0n) is 10.4. The lowest BCUT2D eigenvalue weighted by atomic mass is 10.1. The van der Waals surface area contributed by atoms with Gasteiger partial charge in [-0.05, 0) is 26.1 Å². The Morgan fingerprint density at radius 1 is 1.33 bits per heavy atom. The lowest BCUT2D eigenvalue weighted by Crippen LogP contribution is -2.31. The first kappa shape index (κ1) is 14.7. The molecule has 1 rings (SSSR count). The van der Waals surface area contributed by atoms with E-state index >= 15 is 0 Å². The minimum Gasteiger partial charge on any atom is -0.503 e. The number of amidine groups is 1. The van der Waals surface area contributed by atoms with Gasteiger partial charge in [-0.25, -0.2) is 4.39 Å². The molecular weight excluding hydrogens is 273 g/mol. The number of hydrogen-bond acceptors (Lipinski definition) is 3. The van der Waals surface area contributed by atoms with E-state index in [-0.39, 0.29) is 11.8 Å². The van der Waals surface area contributed by atoms with Crippen LogP contribution in [0.5, 0.6) is 0 Å². The number of halogens is 2. The summed E-state index contributed by atoms with van der Waals surface area (Å²) in [5.74, 6) is -0.361. The first-order valence-corrected chi connectivity index (χ1v) is 9.22. The fourth-order valence-electron chi connectivity index (χ4n) is 1.20. The first-order valence-electron chi connectivity index (χ1n) is 5.30. The lowest BCUT2D eigenvalue weighted by Gasteiger charge is -2.13. The quantitative estimate of drug-likeness (QED) is 0.305. The molecular formula is C11H15ClFN3OSi. The molecule has 2 N–H and O–H groups in total. The van der Waals surface area contributed by atoms with Gasteiger partial charge in [-0.3, -0.25) is 0 Å². The molecule has 0 aliphatic carbocycles. The molecule has 0 fully saturated rings. The highest BCUT2D eigenvalue weighted by atomic mass is 35.6. The summed E-state index contributed by atoms with van der Waals surface area (Å²) >= 11 is 5.93. The predicted octanol–water partition coefficient (Wildman–Crippen LogP) is 2.82. The Morgan fingerprint density at radius 3 is 2.50 bits per heavy atom. The summed E-state index contributed by atoms with van der Waals surface area (Å²) in [6, 6.07) is 6.18. The van der Waals surface area contributed by atoms with Gasteiger partial charge in [-0.2, -0.15) is 5.10 Å². The molecule has 4 nitrogen and oxygen atoms in total. The molecule has 0 radical (unpaired) electrons. The molecule has 0 aromatic heterocycles. The Balaban J connectivity index is 2.85. The van der Waals surface area contributed by atoms with Crippen LogP contribution in [0.2, 0.25) is 13.1 Å². The van der Waals surface area contributed by atoms with E-state index in [4.69, 9.17) is 21.2 Å². The lowest BCUT2D eigenvalue weighted by molar-refractivity contribution is 0.554. The minimum atomic E-state index is -2.31.